The summed E-state index contributed by atoms with van der Waals surface area (Å²) in [7, 11) is 0. The van der Waals surface area contributed by atoms with E-state index in [1.807, 2.05) is 0 Å². The molecule has 7 nitrogen and oxygen atoms in total. The molecular weight excluding hydrogens is 238 g/mol. The van der Waals surface area contributed by atoms with Crippen LogP contribution >= 0.6 is 0 Å². The molecule has 94 valence electrons. The minimum atomic E-state index is -1.17. The standard InChI is InChI=1S/C11H11N3O4/c12-3-4-14-10(15)6-18-7-1-2-9(13)8(5-7)11(16)17/h1-2,5H,4,6,13H2,(H,14,15)(H,16,17). The third-order valence-corrected chi connectivity index (χ3v) is 1.99. The van der Waals surface area contributed by atoms with Crippen LogP contribution in [0.15, 0.2) is 18.2 Å². The number of carbonyl (C=O) groups excluding carboxylic acids is 1. The predicted octanol–water partition coefficient (Wildman–Crippen LogP) is -0.0144. The summed E-state index contributed by atoms with van der Waals surface area (Å²) in [6.07, 6.45) is 0. The molecule has 0 spiro atoms. The SMILES string of the molecule is N#CCNC(=O)COc1ccc(N)c(C(=O)O)c1. The Morgan fingerprint density at radius 2 is 2.22 bits per heavy atom. The van der Waals surface area contributed by atoms with Gasteiger partial charge in [0.2, 0.25) is 0 Å². The highest BCUT2D eigenvalue weighted by molar-refractivity contribution is 5.94. The number of ether oxygens (including phenoxy) is 1. The van der Waals surface area contributed by atoms with E-state index in [9.17, 15) is 9.59 Å². The highest BCUT2D eigenvalue weighted by atomic mass is 16.5. The first-order chi connectivity index (χ1) is 8.54. The number of nitrogens with zero attached hydrogens (tertiary/aromatic N) is 1. The van der Waals surface area contributed by atoms with E-state index in [1.165, 1.54) is 18.2 Å². The van der Waals surface area contributed by atoms with Crippen LogP contribution in [0.25, 0.3) is 0 Å². The minimum absolute atomic E-state index is 0.0927. The van der Waals surface area contributed by atoms with E-state index in [-0.39, 0.29) is 30.2 Å². The first-order valence-electron chi connectivity index (χ1n) is 4.94. The zero-order chi connectivity index (χ0) is 13.5. The van der Waals surface area contributed by atoms with Gasteiger partial charge in [-0.05, 0) is 18.2 Å². The highest BCUT2D eigenvalue weighted by Crippen LogP contribution is 2.19. The second kappa shape index (κ2) is 6.10. The Labute approximate surface area is 103 Å². The maximum Gasteiger partial charge on any atom is 0.337 e. The normalized spacial score (nSPS) is 9.28. The molecule has 0 aliphatic rings. The number of carbonyl (C=O) groups is 2. The molecule has 0 bridgehead atoms. The van der Waals surface area contributed by atoms with Gasteiger partial charge in [-0.1, -0.05) is 0 Å². The van der Waals surface area contributed by atoms with E-state index in [1.54, 1.807) is 6.07 Å². The Bertz CT molecular complexity index is 508. The number of nitrogen functional groups attached to an aromatic ring is 1. The summed E-state index contributed by atoms with van der Waals surface area (Å²) in [4.78, 5) is 21.9. The molecule has 0 heterocycles. The average Bonchev–Trinajstić information content (AvgIpc) is 2.35. The molecule has 0 fully saturated rings. The van der Waals surface area contributed by atoms with E-state index < -0.39 is 11.9 Å². The summed E-state index contributed by atoms with van der Waals surface area (Å²) >= 11 is 0. The van der Waals surface area contributed by atoms with E-state index in [0.717, 1.165) is 0 Å². The monoisotopic (exact) mass is 249 g/mol. The maximum absolute atomic E-state index is 11.1. The van der Waals surface area contributed by atoms with E-state index in [2.05, 4.69) is 5.32 Å². The second-order valence-corrected chi connectivity index (χ2v) is 3.28. The van der Waals surface area contributed by atoms with Crippen LogP contribution in [0.4, 0.5) is 5.69 Å². The molecule has 18 heavy (non-hydrogen) atoms. The quantitative estimate of drug-likeness (QED) is 0.497. The summed E-state index contributed by atoms with van der Waals surface area (Å²) in [6, 6.07) is 5.82. The van der Waals surface area contributed by atoms with Crippen molar-refractivity contribution in [1.29, 1.82) is 5.26 Å². The number of amides is 1. The van der Waals surface area contributed by atoms with Gasteiger partial charge in [0.25, 0.3) is 5.91 Å². The van der Waals surface area contributed by atoms with Gasteiger partial charge in [-0.15, -0.1) is 0 Å². The minimum Gasteiger partial charge on any atom is -0.484 e. The average molecular weight is 249 g/mol. The Kier molecular flexibility index (Phi) is 4.51. The number of rotatable bonds is 5. The third kappa shape index (κ3) is 3.68. The van der Waals surface area contributed by atoms with Gasteiger partial charge in [-0.25, -0.2) is 4.79 Å². The van der Waals surface area contributed by atoms with Crippen LogP contribution in [-0.2, 0) is 4.79 Å². The number of aromatic carboxylic acids is 1. The van der Waals surface area contributed by atoms with Crippen molar-refractivity contribution in [1.82, 2.24) is 5.32 Å². The fourth-order valence-electron chi connectivity index (χ4n) is 1.15. The summed E-state index contributed by atoms with van der Waals surface area (Å²) in [5, 5.41) is 19.4. The number of hydrogen-bond acceptors (Lipinski definition) is 5. The number of nitrogens with two attached hydrogens (primary N) is 1. The maximum atomic E-state index is 11.1. The van der Waals surface area contributed by atoms with Gasteiger partial charge in [-0.3, -0.25) is 4.79 Å². The molecule has 1 aromatic carbocycles. The molecule has 0 atom stereocenters. The van der Waals surface area contributed by atoms with Gasteiger partial charge >= 0.3 is 5.97 Å². The zero-order valence-corrected chi connectivity index (χ0v) is 9.34. The molecule has 0 aliphatic heterocycles. The Morgan fingerprint density at radius 1 is 1.50 bits per heavy atom. The largest absolute Gasteiger partial charge is 0.484 e. The van der Waals surface area contributed by atoms with Crippen molar-refractivity contribution in [3.05, 3.63) is 23.8 Å². The van der Waals surface area contributed by atoms with Crippen LogP contribution in [0.2, 0.25) is 0 Å². The van der Waals surface area contributed by atoms with Crippen LogP contribution in [0.5, 0.6) is 5.75 Å². The molecule has 0 saturated carbocycles. The van der Waals surface area contributed by atoms with E-state index >= 15 is 0 Å². The van der Waals surface area contributed by atoms with Crippen molar-refractivity contribution in [2.45, 2.75) is 0 Å². The molecule has 7 heteroatoms. The number of nitrogens with one attached hydrogen (secondary N) is 1. The first-order valence-corrected chi connectivity index (χ1v) is 4.94. The smallest absolute Gasteiger partial charge is 0.337 e. The fraction of sp³-hybridized carbons (Fsp3) is 0.182. The topological polar surface area (TPSA) is 125 Å². The van der Waals surface area contributed by atoms with Crippen molar-refractivity contribution >= 4 is 17.6 Å². The summed E-state index contributed by atoms with van der Waals surface area (Å²) < 4.78 is 5.07. The molecule has 1 rings (SSSR count). The predicted molar refractivity (Wildman–Crippen MR) is 61.9 cm³/mol. The van der Waals surface area contributed by atoms with Crippen molar-refractivity contribution in [2.24, 2.45) is 0 Å². The van der Waals surface area contributed by atoms with Crippen molar-refractivity contribution in [2.75, 3.05) is 18.9 Å². The van der Waals surface area contributed by atoms with Gasteiger partial charge in [0.05, 0.1) is 11.6 Å². The Hall–Kier alpha value is -2.75. The molecule has 1 amide bonds. The lowest BCUT2D eigenvalue weighted by Gasteiger charge is -2.07. The third-order valence-electron chi connectivity index (χ3n) is 1.99. The van der Waals surface area contributed by atoms with Crippen molar-refractivity contribution in [3.63, 3.8) is 0 Å². The van der Waals surface area contributed by atoms with Crippen LogP contribution in [0.3, 0.4) is 0 Å². The van der Waals surface area contributed by atoms with Gasteiger partial charge < -0.3 is 20.9 Å². The van der Waals surface area contributed by atoms with Crippen LogP contribution in [0, 0.1) is 11.3 Å². The lowest BCUT2D eigenvalue weighted by atomic mass is 10.2. The zero-order valence-electron chi connectivity index (χ0n) is 9.34. The van der Waals surface area contributed by atoms with E-state index in [0.29, 0.717) is 0 Å². The van der Waals surface area contributed by atoms with Gasteiger partial charge in [0.15, 0.2) is 6.61 Å². The molecule has 0 unspecified atom stereocenters. The van der Waals surface area contributed by atoms with Gasteiger partial charge in [0.1, 0.15) is 12.3 Å². The second-order valence-electron chi connectivity index (χ2n) is 3.28. The van der Waals surface area contributed by atoms with Crippen LogP contribution in [-0.4, -0.2) is 30.1 Å². The lowest BCUT2D eigenvalue weighted by Crippen LogP contribution is -2.29. The Morgan fingerprint density at radius 3 is 2.83 bits per heavy atom. The van der Waals surface area contributed by atoms with Crippen molar-refractivity contribution < 1.29 is 19.4 Å². The number of anilines is 1. The van der Waals surface area contributed by atoms with E-state index in [4.69, 9.17) is 20.8 Å². The van der Waals surface area contributed by atoms with Crippen LogP contribution in [0.1, 0.15) is 10.4 Å². The summed E-state index contributed by atoms with van der Waals surface area (Å²) in [6.45, 7) is -0.408. The highest BCUT2D eigenvalue weighted by Gasteiger charge is 2.10. The molecule has 0 aromatic heterocycles. The molecule has 0 radical (unpaired) electrons. The summed E-state index contributed by atoms with van der Waals surface area (Å²) in [5.41, 5.74) is 5.48. The fourth-order valence-corrected chi connectivity index (χ4v) is 1.15. The lowest BCUT2D eigenvalue weighted by molar-refractivity contribution is -0.122. The summed E-state index contributed by atoms with van der Waals surface area (Å²) in [5.74, 6) is -1.43. The van der Waals surface area contributed by atoms with Crippen molar-refractivity contribution in [3.8, 4) is 11.8 Å². The number of hydrogen-bond donors (Lipinski definition) is 3. The number of carboxylic acid groups (broad SMARTS) is 1. The van der Waals surface area contributed by atoms with Gasteiger partial charge in [-0.2, -0.15) is 5.26 Å². The number of carboxylic acids is 1. The molecular formula is C11H11N3O4. The Balaban J connectivity index is 2.64. The van der Waals surface area contributed by atoms with Gasteiger partial charge in [0, 0.05) is 5.69 Å². The van der Waals surface area contributed by atoms with Crippen LogP contribution < -0.4 is 15.8 Å². The molecule has 4 N–H and O–H groups in total. The number of benzene rings is 1. The molecule has 1 aromatic rings. The molecule has 0 aliphatic carbocycles. The number of nitriles is 1. The first kappa shape index (κ1) is 13.3. The molecule has 0 saturated heterocycles.